The highest BCUT2D eigenvalue weighted by Crippen LogP contribution is 2.34. The van der Waals surface area contributed by atoms with Crippen molar-refractivity contribution >= 4 is 50.7 Å². The minimum atomic E-state index is -0.279. The number of ketones is 1. The molecule has 0 fully saturated rings. The number of hydrogen-bond acceptors (Lipinski definition) is 6. The van der Waals surface area contributed by atoms with E-state index in [1.165, 1.54) is 11.8 Å². The number of benzene rings is 2. The van der Waals surface area contributed by atoms with Crippen molar-refractivity contribution in [2.24, 2.45) is 0 Å². The molecule has 7 heteroatoms. The maximum absolute atomic E-state index is 12.7. The quantitative estimate of drug-likeness (QED) is 0.555. The molecule has 3 aromatic rings. The summed E-state index contributed by atoms with van der Waals surface area (Å²) in [6.07, 6.45) is 0. The number of hydrogen-bond donors (Lipinski definition) is 1. The fourth-order valence-electron chi connectivity index (χ4n) is 2.58. The fraction of sp³-hybridized carbons (Fsp3) is 0.167. The summed E-state index contributed by atoms with van der Waals surface area (Å²) in [5.41, 5.74) is 2.04. The van der Waals surface area contributed by atoms with Crippen molar-refractivity contribution in [2.75, 3.05) is 11.9 Å². The number of carbonyl (C=O) groups is 2. The van der Waals surface area contributed by atoms with Gasteiger partial charge in [0.05, 0.1) is 21.2 Å². The van der Waals surface area contributed by atoms with Crippen molar-refractivity contribution < 1.29 is 14.3 Å². The number of fused-ring (bicyclic) bond motifs is 2. The Morgan fingerprint density at radius 3 is 3.00 bits per heavy atom. The third kappa shape index (κ3) is 3.25. The van der Waals surface area contributed by atoms with Gasteiger partial charge in [0.1, 0.15) is 5.75 Å². The monoisotopic (exact) mass is 370 g/mol. The first-order chi connectivity index (χ1) is 12.1. The van der Waals surface area contributed by atoms with Crippen LogP contribution in [-0.4, -0.2) is 28.5 Å². The number of anilines is 1. The number of Topliss-reactive ketones (excluding diaryl/α,β-unsaturated/α-hetero) is 1. The zero-order valence-electron chi connectivity index (χ0n) is 13.3. The van der Waals surface area contributed by atoms with E-state index in [9.17, 15) is 9.59 Å². The molecular formula is C18H14N2O3S2. The second kappa shape index (κ2) is 6.50. The van der Waals surface area contributed by atoms with E-state index in [0.717, 1.165) is 14.6 Å². The minimum absolute atomic E-state index is 0.00412. The second-order valence-electron chi connectivity index (χ2n) is 5.62. The average Bonchev–Trinajstić information content (AvgIpc) is 3.02. The molecule has 0 aliphatic carbocycles. The molecule has 1 aliphatic heterocycles. The Morgan fingerprint density at radius 1 is 1.32 bits per heavy atom. The molecule has 0 spiro atoms. The van der Waals surface area contributed by atoms with Crippen LogP contribution in [-0.2, 0) is 4.79 Å². The highest BCUT2D eigenvalue weighted by atomic mass is 32.2. The number of nitrogens with zero attached hydrogens (tertiary/aromatic N) is 1. The second-order valence-corrected chi connectivity index (χ2v) is 8.24. The number of aromatic nitrogens is 1. The Balaban J connectivity index is 1.53. The van der Waals surface area contributed by atoms with Crippen molar-refractivity contribution in [2.45, 2.75) is 16.5 Å². The SMILES string of the molecule is CC(Sc1nc2ccccc2s1)C(=O)c1ccc2c(c1)NC(=O)CO2. The Kier molecular flexibility index (Phi) is 4.19. The highest BCUT2D eigenvalue weighted by Gasteiger charge is 2.22. The first-order valence-corrected chi connectivity index (χ1v) is 9.43. The van der Waals surface area contributed by atoms with Crippen LogP contribution >= 0.6 is 23.1 Å². The molecule has 2 aromatic carbocycles. The van der Waals surface area contributed by atoms with E-state index in [4.69, 9.17) is 4.74 Å². The van der Waals surface area contributed by atoms with Crippen LogP contribution in [0.3, 0.4) is 0 Å². The van der Waals surface area contributed by atoms with Gasteiger partial charge in [0, 0.05) is 5.56 Å². The van der Waals surface area contributed by atoms with E-state index < -0.39 is 0 Å². The summed E-state index contributed by atoms with van der Waals surface area (Å²) >= 11 is 3.03. The van der Waals surface area contributed by atoms with Crippen LogP contribution in [0.15, 0.2) is 46.8 Å². The molecule has 0 bridgehead atoms. The molecule has 1 aliphatic rings. The smallest absolute Gasteiger partial charge is 0.262 e. The lowest BCUT2D eigenvalue weighted by atomic mass is 10.1. The van der Waals surface area contributed by atoms with Crippen LogP contribution in [0.25, 0.3) is 10.2 Å². The Morgan fingerprint density at radius 2 is 2.16 bits per heavy atom. The molecule has 0 saturated heterocycles. The summed E-state index contributed by atoms with van der Waals surface area (Å²) in [4.78, 5) is 28.7. The molecule has 126 valence electrons. The number of rotatable bonds is 4. The third-order valence-electron chi connectivity index (χ3n) is 3.82. The van der Waals surface area contributed by atoms with E-state index >= 15 is 0 Å². The van der Waals surface area contributed by atoms with Crippen molar-refractivity contribution in [3.05, 3.63) is 48.0 Å². The van der Waals surface area contributed by atoms with Gasteiger partial charge in [-0.25, -0.2) is 4.98 Å². The first-order valence-electron chi connectivity index (χ1n) is 7.73. The van der Waals surface area contributed by atoms with Crippen LogP contribution in [0.1, 0.15) is 17.3 Å². The molecule has 5 nitrogen and oxygen atoms in total. The molecular weight excluding hydrogens is 356 g/mol. The molecule has 1 N–H and O–H groups in total. The Hall–Kier alpha value is -2.38. The molecule has 1 aromatic heterocycles. The lowest BCUT2D eigenvalue weighted by molar-refractivity contribution is -0.118. The summed E-state index contributed by atoms with van der Waals surface area (Å²) in [7, 11) is 0. The highest BCUT2D eigenvalue weighted by molar-refractivity contribution is 8.02. The van der Waals surface area contributed by atoms with Gasteiger partial charge in [-0.3, -0.25) is 9.59 Å². The summed E-state index contributed by atoms with van der Waals surface area (Å²) in [6.45, 7) is 1.87. The van der Waals surface area contributed by atoms with Gasteiger partial charge in [-0.2, -0.15) is 0 Å². The normalized spacial score (nSPS) is 14.5. The molecule has 4 rings (SSSR count). The third-order valence-corrected chi connectivity index (χ3v) is 6.05. The molecule has 2 heterocycles. The van der Waals surface area contributed by atoms with Gasteiger partial charge >= 0.3 is 0 Å². The van der Waals surface area contributed by atoms with Crippen molar-refractivity contribution in [3.8, 4) is 5.75 Å². The number of thioether (sulfide) groups is 1. The predicted octanol–water partition coefficient (Wildman–Crippen LogP) is 3.99. The molecule has 1 unspecified atom stereocenters. The number of nitrogens with one attached hydrogen (secondary N) is 1. The first kappa shape index (κ1) is 16.1. The number of amides is 1. The van der Waals surface area contributed by atoms with Crippen molar-refractivity contribution in [3.63, 3.8) is 0 Å². The molecule has 1 amide bonds. The van der Waals surface area contributed by atoms with Gasteiger partial charge in [-0.05, 0) is 37.3 Å². The van der Waals surface area contributed by atoms with E-state index in [1.807, 2.05) is 31.2 Å². The van der Waals surface area contributed by atoms with Gasteiger partial charge in [0.2, 0.25) is 0 Å². The number of carbonyl (C=O) groups excluding carboxylic acids is 2. The predicted molar refractivity (Wildman–Crippen MR) is 99.8 cm³/mol. The van der Waals surface area contributed by atoms with E-state index in [0.29, 0.717) is 17.0 Å². The summed E-state index contributed by atoms with van der Waals surface area (Å²) in [5, 5.41) is 2.45. The van der Waals surface area contributed by atoms with Crippen LogP contribution in [0.5, 0.6) is 5.75 Å². The molecule has 1 atom stereocenters. The van der Waals surface area contributed by atoms with Crippen molar-refractivity contribution in [1.29, 1.82) is 0 Å². The van der Waals surface area contributed by atoms with Crippen LogP contribution in [0.2, 0.25) is 0 Å². The van der Waals surface area contributed by atoms with Gasteiger partial charge < -0.3 is 10.1 Å². The largest absolute Gasteiger partial charge is 0.482 e. The number of para-hydroxylation sites is 1. The zero-order valence-corrected chi connectivity index (χ0v) is 14.9. The Labute approximate surface area is 152 Å². The summed E-state index contributed by atoms with van der Waals surface area (Å²) in [6, 6.07) is 13.0. The lowest BCUT2D eigenvalue weighted by Gasteiger charge is -2.18. The zero-order chi connectivity index (χ0) is 17.4. The molecule has 0 saturated carbocycles. The average molecular weight is 370 g/mol. The standard InChI is InChI=1S/C18H14N2O3S2/c1-10(24-18-20-12-4-2-3-5-15(12)25-18)17(22)11-6-7-14-13(8-11)19-16(21)9-23-14/h2-8,10H,9H2,1H3,(H,19,21). The molecule has 25 heavy (non-hydrogen) atoms. The van der Waals surface area contributed by atoms with E-state index in [1.54, 1.807) is 29.5 Å². The van der Waals surface area contributed by atoms with Crippen LogP contribution in [0.4, 0.5) is 5.69 Å². The van der Waals surface area contributed by atoms with Gasteiger partial charge in [0.25, 0.3) is 5.91 Å². The Bertz CT molecular complexity index is 950. The van der Waals surface area contributed by atoms with Crippen molar-refractivity contribution in [1.82, 2.24) is 4.98 Å². The topological polar surface area (TPSA) is 68.3 Å². The maximum Gasteiger partial charge on any atom is 0.262 e. The number of ether oxygens (including phenoxy) is 1. The van der Waals surface area contributed by atoms with Crippen LogP contribution in [0, 0.1) is 0 Å². The maximum atomic E-state index is 12.7. The van der Waals surface area contributed by atoms with Gasteiger partial charge in [0.15, 0.2) is 16.7 Å². The van der Waals surface area contributed by atoms with E-state index in [-0.39, 0.29) is 23.5 Å². The fourth-order valence-corrected chi connectivity index (χ4v) is 4.87. The van der Waals surface area contributed by atoms with Gasteiger partial charge in [-0.1, -0.05) is 23.9 Å². The van der Waals surface area contributed by atoms with Gasteiger partial charge in [-0.15, -0.1) is 11.3 Å². The number of thiazole rings is 1. The lowest BCUT2D eigenvalue weighted by Crippen LogP contribution is -2.25. The summed E-state index contributed by atoms with van der Waals surface area (Å²) < 4.78 is 7.30. The summed E-state index contributed by atoms with van der Waals surface area (Å²) in [5.74, 6) is 0.364. The van der Waals surface area contributed by atoms with E-state index in [2.05, 4.69) is 10.3 Å². The molecule has 0 radical (unpaired) electrons. The van der Waals surface area contributed by atoms with Crippen LogP contribution < -0.4 is 10.1 Å². The minimum Gasteiger partial charge on any atom is -0.482 e.